The Labute approximate surface area is 226 Å². The fraction of sp³-hybridized carbons (Fsp3) is 0.226. The van der Waals surface area contributed by atoms with Gasteiger partial charge in [-0.2, -0.15) is 0 Å². The topological polar surface area (TPSA) is 119 Å². The van der Waals surface area contributed by atoms with Crippen LogP contribution in [-0.2, 0) is 18.6 Å². The molecule has 0 saturated heterocycles. The van der Waals surface area contributed by atoms with Crippen molar-refractivity contribution in [2.75, 3.05) is 12.0 Å². The molecule has 196 valence electrons. The van der Waals surface area contributed by atoms with Crippen molar-refractivity contribution in [2.45, 2.75) is 39.3 Å². The minimum Gasteiger partial charge on any atom is -0.497 e. The normalized spacial score (nSPS) is 13.8. The van der Waals surface area contributed by atoms with E-state index in [1.54, 1.807) is 31.9 Å². The number of primary amides is 1. The van der Waals surface area contributed by atoms with Crippen LogP contribution in [0.15, 0.2) is 54.6 Å². The van der Waals surface area contributed by atoms with Gasteiger partial charge >= 0.3 is 0 Å². The number of fused-ring (bicyclic) bond motifs is 4. The third-order valence-corrected chi connectivity index (χ3v) is 7.73. The number of carbonyl (C=O) groups excluding carboxylic acids is 2. The van der Waals surface area contributed by atoms with Gasteiger partial charge in [-0.3, -0.25) is 9.59 Å². The van der Waals surface area contributed by atoms with E-state index >= 15 is 0 Å². The van der Waals surface area contributed by atoms with Crippen LogP contribution < -0.4 is 15.4 Å². The lowest BCUT2D eigenvalue weighted by Gasteiger charge is -2.21. The van der Waals surface area contributed by atoms with Crippen LogP contribution in [0, 0.1) is 6.92 Å². The fourth-order valence-corrected chi connectivity index (χ4v) is 5.65. The van der Waals surface area contributed by atoms with Gasteiger partial charge in [-0.25, -0.2) is 0 Å². The standard InChI is InChI=1S/C31H28N4O4/c1-16-21(6-5-7-25(16)35-15-17-8-10-20(39-4)14-23(17)30(35)37)27-26-22-11-9-19(31(2,3)38)12-18(22)13-24(26)28(29(32)36)34-33-27/h5-12,14,38H,13,15H2,1-4H3,(H2,32,36). The predicted molar refractivity (Wildman–Crippen MR) is 148 cm³/mol. The smallest absolute Gasteiger partial charge is 0.269 e. The number of hydrogen-bond donors (Lipinski definition) is 2. The van der Waals surface area contributed by atoms with Gasteiger partial charge in [-0.15, -0.1) is 10.2 Å². The van der Waals surface area contributed by atoms with Crippen molar-refractivity contribution in [2.24, 2.45) is 5.73 Å². The Morgan fingerprint density at radius 3 is 2.54 bits per heavy atom. The average Bonchev–Trinajstić information content (AvgIpc) is 3.45. The number of rotatable bonds is 5. The van der Waals surface area contributed by atoms with Gasteiger partial charge in [0, 0.05) is 28.8 Å². The van der Waals surface area contributed by atoms with Gasteiger partial charge in [0.15, 0.2) is 5.69 Å². The van der Waals surface area contributed by atoms with E-state index in [-0.39, 0.29) is 11.6 Å². The summed E-state index contributed by atoms with van der Waals surface area (Å²) in [6.07, 6.45) is 0.454. The molecule has 1 aromatic heterocycles. The molecule has 8 nitrogen and oxygen atoms in total. The second-order valence-corrected chi connectivity index (χ2v) is 10.6. The molecule has 2 heterocycles. The Balaban J connectivity index is 1.49. The predicted octanol–water partition coefficient (Wildman–Crippen LogP) is 4.52. The molecular formula is C31H28N4O4. The largest absolute Gasteiger partial charge is 0.497 e. The zero-order chi connectivity index (χ0) is 27.6. The molecule has 4 aromatic rings. The molecule has 2 aliphatic rings. The maximum Gasteiger partial charge on any atom is 0.269 e. The van der Waals surface area contributed by atoms with Crippen molar-refractivity contribution >= 4 is 17.5 Å². The number of nitrogens with two attached hydrogens (primary N) is 1. The maximum absolute atomic E-state index is 13.4. The molecule has 1 aliphatic heterocycles. The van der Waals surface area contributed by atoms with E-state index in [1.807, 2.05) is 55.5 Å². The second-order valence-electron chi connectivity index (χ2n) is 10.6. The van der Waals surface area contributed by atoms with Crippen molar-refractivity contribution in [1.82, 2.24) is 10.2 Å². The van der Waals surface area contributed by atoms with Crippen molar-refractivity contribution in [3.05, 3.63) is 93.7 Å². The van der Waals surface area contributed by atoms with Gasteiger partial charge in [0.05, 0.1) is 19.3 Å². The average molecular weight is 521 g/mol. The van der Waals surface area contributed by atoms with Gasteiger partial charge < -0.3 is 20.5 Å². The Bertz CT molecular complexity index is 1700. The van der Waals surface area contributed by atoms with E-state index in [4.69, 9.17) is 10.5 Å². The molecule has 2 amide bonds. The zero-order valence-corrected chi connectivity index (χ0v) is 22.2. The van der Waals surface area contributed by atoms with Crippen LogP contribution in [0.5, 0.6) is 5.75 Å². The van der Waals surface area contributed by atoms with Crippen LogP contribution in [0.3, 0.4) is 0 Å². The number of benzene rings is 3. The molecular weight excluding hydrogens is 492 g/mol. The number of amides is 2. The molecule has 0 saturated carbocycles. The lowest BCUT2D eigenvalue weighted by molar-refractivity contribution is 0.0785. The summed E-state index contributed by atoms with van der Waals surface area (Å²) in [7, 11) is 1.58. The summed E-state index contributed by atoms with van der Waals surface area (Å²) in [5, 5.41) is 19.3. The molecule has 39 heavy (non-hydrogen) atoms. The Hall–Kier alpha value is -4.56. The quantitative estimate of drug-likeness (QED) is 0.352. The summed E-state index contributed by atoms with van der Waals surface area (Å²) in [5.74, 6) is -0.0858. The Kier molecular flexibility index (Phi) is 5.55. The van der Waals surface area contributed by atoms with Crippen LogP contribution in [0.25, 0.3) is 22.4 Å². The number of aliphatic hydroxyl groups is 1. The highest BCUT2D eigenvalue weighted by molar-refractivity contribution is 6.11. The fourth-order valence-electron chi connectivity index (χ4n) is 5.65. The number of methoxy groups -OCH3 is 1. The molecule has 0 atom stereocenters. The van der Waals surface area contributed by atoms with Crippen molar-refractivity contribution < 1.29 is 19.4 Å². The number of aromatic nitrogens is 2. The molecule has 3 N–H and O–H groups in total. The van der Waals surface area contributed by atoms with E-state index in [9.17, 15) is 14.7 Å². The maximum atomic E-state index is 13.4. The summed E-state index contributed by atoms with van der Waals surface area (Å²) in [6.45, 7) is 5.90. The number of hydrogen-bond acceptors (Lipinski definition) is 6. The molecule has 6 rings (SSSR count). The van der Waals surface area contributed by atoms with E-state index in [1.165, 1.54) is 0 Å². The van der Waals surface area contributed by atoms with Gasteiger partial charge in [-0.1, -0.05) is 36.4 Å². The van der Waals surface area contributed by atoms with Crippen LogP contribution in [-0.4, -0.2) is 34.2 Å². The monoisotopic (exact) mass is 520 g/mol. The molecule has 3 aromatic carbocycles. The first-order valence-corrected chi connectivity index (χ1v) is 12.7. The number of nitrogens with zero attached hydrogens (tertiary/aromatic N) is 3. The SMILES string of the molecule is COc1ccc2c(c1)C(=O)N(c1cccc(-c3nnc(C(N)=O)c4c3-c3ccc(C(C)(C)O)cc3C4)c1C)C2. The zero-order valence-electron chi connectivity index (χ0n) is 22.2. The molecule has 8 heteroatoms. The molecule has 0 fully saturated rings. The van der Waals surface area contributed by atoms with Gasteiger partial charge in [-0.05, 0) is 72.4 Å². The minimum atomic E-state index is -1.01. The first-order valence-electron chi connectivity index (χ1n) is 12.7. The number of carbonyl (C=O) groups is 2. The molecule has 0 spiro atoms. The van der Waals surface area contributed by atoms with E-state index in [0.29, 0.717) is 30.0 Å². The summed E-state index contributed by atoms with van der Waals surface area (Å²) >= 11 is 0. The van der Waals surface area contributed by atoms with Crippen molar-refractivity contribution in [3.63, 3.8) is 0 Å². The summed E-state index contributed by atoms with van der Waals surface area (Å²) in [4.78, 5) is 27.5. The van der Waals surface area contributed by atoms with Crippen LogP contribution >= 0.6 is 0 Å². The lowest BCUT2D eigenvalue weighted by atomic mass is 9.92. The van der Waals surface area contributed by atoms with Gasteiger partial charge in [0.25, 0.3) is 11.8 Å². The lowest BCUT2D eigenvalue weighted by Crippen LogP contribution is -2.24. The highest BCUT2D eigenvalue weighted by Gasteiger charge is 2.33. The Morgan fingerprint density at radius 1 is 1.03 bits per heavy atom. The first kappa shape index (κ1) is 24.8. The summed E-state index contributed by atoms with van der Waals surface area (Å²) in [5.41, 5.74) is 13.7. The van der Waals surface area contributed by atoms with Crippen LogP contribution in [0.2, 0.25) is 0 Å². The van der Waals surface area contributed by atoms with Crippen molar-refractivity contribution in [1.29, 1.82) is 0 Å². The molecule has 0 radical (unpaired) electrons. The van der Waals surface area contributed by atoms with E-state index in [2.05, 4.69) is 10.2 Å². The summed E-state index contributed by atoms with van der Waals surface area (Å²) < 4.78 is 5.32. The summed E-state index contributed by atoms with van der Waals surface area (Å²) in [6, 6.07) is 17.1. The van der Waals surface area contributed by atoms with E-state index < -0.39 is 11.5 Å². The first-order chi connectivity index (χ1) is 18.6. The molecule has 1 aliphatic carbocycles. The third kappa shape index (κ3) is 3.87. The highest BCUT2D eigenvalue weighted by Crippen LogP contribution is 2.46. The Morgan fingerprint density at radius 2 is 1.82 bits per heavy atom. The number of anilines is 1. The van der Waals surface area contributed by atoms with Gasteiger partial charge in [0.1, 0.15) is 11.4 Å². The second kappa shape index (κ2) is 8.74. The number of ether oxygens (including phenoxy) is 1. The highest BCUT2D eigenvalue weighted by atomic mass is 16.5. The molecule has 0 unspecified atom stereocenters. The minimum absolute atomic E-state index is 0.0889. The van der Waals surface area contributed by atoms with Crippen LogP contribution in [0.4, 0.5) is 5.69 Å². The van der Waals surface area contributed by atoms with Gasteiger partial charge in [0.2, 0.25) is 0 Å². The van der Waals surface area contributed by atoms with Crippen LogP contribution in [0.1, 0.15) is 62.5 Å². The van der Waals surface area contributed by atoms with Crippen molar-refractivity contribution in [3.8, 4) is 28.1 Å². The van der Waals surface area contributed by atoms with E-state index in [0.717, 1.165) is 50.2 Å². The third-order valence-electron chi connectivity index (χ3n) is 7.73. The molecule has 0 bridgehead atoms.